The van der Waals surface area contributed by atoms with Gasteiger partial charge in [-0.05, 0) is 22.0 Å². The highest BCUT2D eigenvalue weighted by atomic mass is 79.9. The molecule has 1 aromatic carbocycles. The van der Waals surface area contributed by atoms with E-state index >= 15 is 0 Å². The standard InChI is InChI=1S/C9H7BrF2O3/c1-15-9-5(10)2-4(3-6(13)14)7(11)8(9)12/h2H,3H2,1H3,(H,13,14). The molecule has 0 aliphatic carbocycles. The fourth-order valence-corrected chi connectivity index (χ4v) is 1.72. The number of hydrogen-bond acceptors (Lipinski definition) is 2. The summed E-state index contributed by atoms with van der Waals surface area (Å²) in [5.41, 5.74) is -0.229. The molecule has 82 valence electrons. The number of methoxy groups -OCH3 is 1. The van der Waals surface area contributed by atoms with E-state index in [2.05, 4.69) is 20.7 Å². The van der Waals surface area contributed by atoms with Gasteiger partial charge in [-0.3, -0.25) is 4.79 Å². The number of aliphatic carboxylic acids is 1. The molecule has 0 radical (unpaired) electrons. The summed E-state index contributed by atoms with van der Waals surface area (Å²) in [6.07, 6.45) is -0.578. The highest BCUT2D eigenvalue weighted by molar-refractivity contribution is 9.10. The Bertz CT molecular complexity index is 407. The topological polar surface area (TPSA) is 46.5 Å². The van der Waals surface area contributed by atoms with Crippen LogP contribution in [0, 0.1) is 11.6 Å². The van der Waals surface area contributed by atoms with E-state index in [-0.39, 0.29) is 15.8 Å². The smallest absolute Gasteiger partial charge is 0.307 e. The van der Waals surface area contributed by atoms with Crippen molar-refractivity contribution in [1.82, 2.24) is 0 Å². The molecular weight excluding hydrogens is 274 g/mol. The van der Waals surface area contributed by atoms with Crippen molar-refractivity contribution in [3.8, 4) is 5.75 Å². The largest absolute Gasteiger partial charge is 0.492 e. The summed E-state index contributed by atoms with van der Waals surface area (Å²) in [5, 5.41) is 8.46. The van der Waals surface area contributed by atoms with Crippen molar-refractivity contribution in [3.05, 3.63) is 27.7 Å². The Hall–Kier alpha value is -1.17. The molecule has 1 rings (SSSR count). The Morgan fingerprint density at radius 3 is 2.60 bits per heavy atom. The van der Waals surface area contributed by atoms with Crippen LogP contribution in [-0.4, -0.2) is 18.2 Å². The first-order valence-corrected chi connectivity index (χ1v) is 4.68. The lowest BCUT2D eigenvalue weighted by Crippen LogP contribution is -2.05. The fourth-order valence-electron chi connectivity index (χ4n) is 1.11. The quantitative estimate of drug-likeness (QED) is 0.865. The summed E-state index contributed by atoms with van der Waals surface area (Å²) in [5.74, 6) is -3.90. The summed E-state index contributed by atoms with van der Waals surface area (Å²) in [4.78, 5) is 10.4. The number of ether oxygens (including phenoxy) is 1. The highest BCUT2D eigenvalue weighted by Gasteiger charge is 2.19. The second kappa shape index (κ2) is 4.57. The molecule has 0 amide bonds. The van der Waals surface area contributed by atoms with Crippen molar-refractivity contribution in [1.29, 1.82) is 0 Å². The Morgan fingerprint density at radius 2 is 2.13 bits per heavy atom. The Balaban J connectivity index is 3.27. The van der Waals surface area contributed by atoms with Crippen molar-refractivity contribution in [2.45, 2.75) is 6.42 Å². The van der Waals surface area contributed by atoms with Crippen LogP contribution >= 0.6 is 15.9 Å². The number of benzene rings is 1. The maximum absolute atomic E-state index is 13.3. The van der Waals surface area contributed by atoms with E-state index in [0.717, 1.165) is 0 Å². The van der Waals surface area contributed by atoms with Gasteiger partial charge in [-0.1, -0.05) is 0 Å². The number of carboxylic acids is 1. The van der Waals surface area contributed by atoms with Crippen LogP contribution in [-0.2, 0) is 11.2 Å². The zero-order valence-corrected chi connectivity index (χ0v) is 9.27. The van der Waals surface area contributed by atoms with Gasteiger partial charge >= 0.3 is 5.97 Å². The van der Waals surface area contributed by atoms with Crippen molar-refractivity contribution in [3.63, 3.8) is 0 Å². The minimum absolute atomic E-state index is 0.181. The molecule has 15 heavy (non-hydrogen) atoms. The van der Waals surface area contributed by atoms with Crippen molar-refractivity contribution in [2.24, 2.45) is 0 Å². The number of rotatable bonds is 3. The van der Waals surface area contributed by atoms with Gasteiger partial charge in [-0.2, -0.15) is 4.39 Å². The Labute approximate surface area is 92.8 Å². The summed E-state index contributed by atoms with van der Waals surface area (Å²) in [6, 6.07) is 1.19. The third-order valence-electron chi connectivity index (χ3n) is 1.74. The maximum Gasteiger partial charge on any atom is 0.307 e. The normalized spacial score (nSPS) is 10.1. The first-order valence-electron chi connectivity index (χ1n) is 3.89. The molecule has 0 aliphatic rings. The molecular formula is C9H7BrF2O3. The zero-order valence-electron chi connectivity index (χ0n) is 7.68. The van der Waals surface area contributed by atoms with Crippen molar-refractivity contribution >= 4 is 21.9 Å². The summed E-state index contributed by atoms with van der Waals surface area (Å²) >= 11 is 2.96. The van der Waals surface area contributed by atoms with E-state index in [4.69, 9.17) is 5.11 Å². The van der Waals surface area contributed by atoms with Gasteiger partial charge in [-0.25, -0.2) is 4.39 Å². The fraction of sp³-hybridized carbons (Fsp3) is 0.222. The average molecular weight is 281 g/mol. The predicted octanol–water partition coefficient (Wildman–Crippen LogP) is 2.36. The van der Waals surface area contributed by atoms with Crippen LogP contribution in [0.2, 0.25) is 0 Å². The molecule has 0 bridgehead atoms. The van der Waals surface area contributed by atoms with Gasteiger partial charge in [0, 0.05) is 5.56 Å². The summed E-state index contributed by atoms with van der Waals surface area (Å²) < 4.78 is 31.3. The second-order valence-electron chi connectivity index (χ2n) is 2.75. The van der Waals surface area contributed by atoms with Gasteiger partial charge in [-0.15, -0.1) is 0 Å². The van der Waals surface area contributed by atoms with Gasteiger partial charge in [0.05, 0.1) is 18.0 Å². The van der Waals surface area contributed by atoms with Crippen molar-refractivity contribution in [2.75, 3.05) is 7.11 Å². The minimum Gasteiger partial charge on any atom is -0.492 e. The number of carbonyl (C=O) groups is 1. The van der Waals surface area contributed by atoms with Crippen LogP contribution in [0.15, 0.2) is 10.5 Å². The molecule has 1 aromatic rings. The third-order valence-corrected chi connectivity index (χ3v) is 2.33. The molecule has 0 saturated heterocycles. The van der Waals surface area contributed by atoms with Gasteiger partial charge in [0.2, 0.25) is 5.82 Å². The lowest BCUT2D eigenvalue weighted by atomic mass is 10.1. The molecule has 3 nitrogen and oxygen atoms in total. The van der Waals surface area contributed by atoms with Crippen LogP contribution in [0.5, 0.6) is 5.75 Å². The van der Waals surface area contributed by atoms with E-state index in [1.165, 1.54) is 13.2 Å². The van der Waals surface area contributed by atoms with Crippen LogP contribution in [0.1, 0.15) is 5.56 Å². The summed E-state index contributed by atoms with van der Waals surface area (Å²) in [6.45, 7) is 0. The second-order valence-corrected chi connectivity index (χ2v) is 3.60. The average Bonchev–Trinajstić information content (AvgIpc) is 2.14. The van der Waals surface area contributed by atoms with Crippen LogP contribution in [0.25, 0.3) is 0 Å². The van der Waals surface area contributed by atoms with Crippen LogP contribution in [0.4, 0.5) is 8.78 Å². The first kappa shape index (κ1) is 11.9. The minimum atomic E-state index is -1.23. The Kier molecular flexibility index (Phi) is 3.62. The van der Waals surface area contributed by atoms with Gasteiger partial charge in [0.1, 0.15) is 0 Å². The number of carboxylic acid groups (broad SMARTS) is 1. The third kappa shape index (κ3) is 2.44. The molecule has 0 heterocycles. The van der Waals surface area contributed by atoms with E-state index < -0.39 is 24.0 Å². The lowest BCUT2D eigenvalue weighted by Gasteiger charge is -2.08. The number of hydrogen-bond donors (Lipinski definition) is 1. The first-order chi connectivity index (χ1) is 6.97. The van der Waals surface area contributed by atoms with Crippen LogP contribution in [0.3, 0.4) is 0 Å². The molecule has 0 atom stereocenters. The Morgan fingerprint density at radius 1 is 1.53 bits per heavy atom. The highest BCUT2D eigenvalue weighted by Crippen LogP contribution is 2.31. The molecule has 0 aliphatic heterocycles. The van der Waals surface area contributed by atoms with Crippen LogP contribution < -0.4 is 4.74 Å². The van der Waals surface area contributed by atoms with Crippen molar-refractivity contribution < 1.29 is 23.4 Å². The molecule has 6 heteroatoms. The van der Waals surface area contributed by atoms with E-state index in [0.29, 0.717) is 0 Å². The summed E-state index contributed by atoms with van der Waals surface area (Å²) in [7, 11) is 1.19. The monoisotopic (exact) mass is 280 g/mol. The zero-order chi connectivity index (χ0) is 11.6. The number of halogens is 3. The van der Waals surface area contributed by atoms with E-state index in [1.54, 1.807) is 0 Å². The molecule has 0 unspecified atom stereocenters. The maximum atomic E-state index is 13.3. The molecule has 0 spiro atoms. The SMILES string of the molecule is COc1c(Br)cc(CC(=O)O)c(F)c1F. The molecule has 0 saturated carbocycles. The lowest BCUT2D eigenvalue weighted by molar-refractivity contribution is -0.136. The predicted molar refractivity (Wildman–Crippen MR) is 51.9 cm³/mol. The van der Waals surface area contributed by atoms with Gasteiger partial charge in [0.15, 0.2) is 11.6 Å². The molecule has 1 N–H and O–H groups in total. The van der Waals surface area contributed by atoms with E-state index in [1.807, 2.05) is 0 Å². The van der Waals surface area contributed by atoms with Gasteiger partial charge in [0.25, 0.3) is 0 Å². The van der Waals surface area contributed by atoms with E-state index in [9.17, 15) is 13.6 Å². The molecule has 0 fully saturated rings. The molecule has 0 aromatic heterocycles. The van der Waals surface area contributed by atoms with Gasteiger partial charge < -0.3 is 9.84 Å².